The molecule has 0 saturated heterocycles. The summed E-state index contributed by atoms with van der Waals surface area (Å²) in [5.41, 5.74) is 5.89. The van der Waals surface area contributed by atoms with Gasteiger partial charge in [0.05, 0.1) is 11.6 Å². The molecule has 5 rings (SSSR count). The molecule has 0 bridgehead atoms. The fraction of sp³-hybridized carbons (Fsp3) is 0.200. The highest BCUT2D eigenvalue weighted by atomic mass is 16.5. The lowest BCUT2D eigenvalue weighted by Gasteiger charge is -2.25. The normalized spacial score (nSPS) is 14.9. The molecule has 0 saturated carbocycles. The lowest BCUT2D eigenvalue weighted by atomic mass is 9.98. The number of fused-ring (bicyclic) bond motifs is 1. The zero-order valence-electron chi connectivity index (χ0n) is 20.3. The summed E-state index contributed by atoms with van der Waals surface area (Å²) in [6.07, 6.45) is 9.06. The van der Waals surface area contributed by atoms with E-state index in [-0.39, 0.29) is 11.8 Å². The molecule has 1 aromatic heterocycles. The number of ether oxygens (including phenoxy) is 1. The molecule has 3 aromatic rings. The van der Waals surface area contributed by atoms with Crippen molar-refractivity contribution in [1.29, 1.82) is 5.26 Å². The van der Waals surface area contributed by atoms with Crippen LogP contribution in [0.25, 0.3) is 11.6 Å². The number of carbonyl (C=O) groups excluding carboxylic acids is 2. The average molecular weight is 491 g/mol. The van der Waals surface area contributed by atoms with Crippen LogP contribution in [0.5, 0.6) is 5.75 Å². The van der Waals surface area contributed by atoms with Crippen molar-refractivity contribution in [2.75, 3.05) is 18.4 Å². The topological polar surface area (TPSA) is 95.3 Å². The number of pyridine rings is 1. The zero-order chi connectivity index (χ0) is 25.6. The lowest BCUT2D eigenvalue weighted by molar-refractivity contribution is -0.125. The first-order chi connectivity index (χ1) is 18.1. The smallest absolute Gasteiger partial charge is 0.246 e. The number of benzene rings is 2. The summed E-state index contributed by atoms with van der Waals surface area (Å²) >= 11 is 0. The van der Waals surface area contributed by atoms with Gasteiger partial charge in [0.2, 0.25) is 11.8 Å². The summed E-state index contributed by atoms with van der Waals surface area (Å²) in [6.45, 7) is 1.68. The number of rotatable bonds is 6. The standard InChI is InChI=1S/C30H26N4O3/c31-18-21-3-9-27(10-4-21)37-20-22-1-6-24(7-2-22)25-13-15-34(16-14-25)29(36)12-5-23-17-26-8-11-28(35)33-30(26)32-19-23/h1-7,9-10,12-13,17,19H,8,11,14-16,20H2,(H,32,33,35)/b12-5+. The number of carbonyl (C=O) groups is 2. The van der Waals surface area contributed by atoms with Gasteiger partial charge in [-0.1, -0.05) is 30.3 Å². The maximum Gasteiger partial charge on any atom is 0.246 e. The molecule has 0 atom stereocenters. The number of aromatic nitrogens is 1. The fourth-order valence-corrected chi connectivity index (χ4v) is 4.38. The van der Waals surface area contributed by atoms with Crippen molar-refractivity contribution >= 4 is 29.3 Å². The molecule has 3 heterocycles. The number of nitrogens with one attached hydrogen (secondary N) is 1. The van der Waals surface area contributed by atoms with Crippen LogP contribution in [0.1, 0.15) is 40.7 Å². The zero-order valence-corrected chi connectivity index (χ0v) is 20.3. The molecular weight excluding hydrogens is 464 g/mol. The number of nitriles is 1. The van der Waals surface area contributed by atoms with E-state index in [0.717, 1.165) is 34.4 Å². The first kappa shape index (κ1) is 24.0. The molecule has 2 aliphatic heterocycles. The predicted molar refractivity (Wildman–Crippen MR) is 141 cm³/mol. The Morgan fingerprint density at radius 3 is 2.65 bits per heavy atom. The van der Waals surface area contributed by atoms with Crippen molar-refractivity contribution in [3.05, 3.63) is 101 Å². The number of nitrogens with zero attached hydrogens (tertiary/aromatic N) is 3. The fourth-order valence-electron chi connectivity index (χ4n) is 4.38. The van der Waals surface area contributed by atoms with E-state index in [0.29, 0.717) is 43.9 Å². The summed E-state index contributed by atoms with van der Waals surface area (Å²) in [5.74, 6) is 1.30. The first-order valence-electron chi connectivity index (χ1n) is 12.2. The van der Waals surface area contributed by atoms with Crippen LogP contribution in [-0.2, 0) is 22.6 Å². The molecule has 2 aliphatic rings. The van der Waals surface area contributed by atoms with Crippen molar-refractivity contribution in [1.82, 2.24) is 9.88 Å². The van der Waals surface area contributed by atoms with Crippen molar-refractivity contribution < 1.29 is 14.3 Å². The van der Waals surface area contributed by atoms with Gasteiger partial charge in [-0.05, 0) is 77.1 Å². The van der Waals surface area contributed by atoms with Crippen molar-refractivity contribution in [3.63, 3.8) is 0 Å². The highest BCUT2D eigenvalue weighted by Gasteiger charge is 2.17. The average Bonchev–Trinajstić information content (AvgIpc) is 2.95. The maximum absolute atomic E-state index is 12.7. The van der Waals surface area contributed by atoms with E-state index in [1.165, 1.54) is 5.57 Å². The number of anilines is 1. The van der Waals surface area contributed by atoms with Gasteiger partial charge in [-0.3, -0.25) is 9.59 Å². The molecule has 7 nitrogen and oxygen atoms in total. The molecule has 7 heteroatoms. The van der Waals surface area contributed by atoms with Gasteiger partial charge in [0.25, 0.3) is 0 Å². The van der Waals surface area contributed by atoms with Gasteiger partial charge in [0, 0.05) is 31.8 Å². The van der Waals surface area contributed by atoms with E-state index < -0.39 is 0 Å². The Hall–Kier alpha value is -4.70. The summed E-state index contributed by atoms with van der Waals surface area (Å²) in [6, 6.07) is 19.4. The van der Waals surface area contributed by atoms with Gasteiger partial charge in [0.1, 0.15) is 18.2 Å². The van der Waals surface area contributed by atoms with E-state index in [9.17, 15) is 9.59 Å². The summed E-state index contributed by atoms with van der Waals surface area (Å²) in [5, 5.41) is 11.7. The maximum atomic E-state index is 12.7. The SMILES string of the molecule is N#Cc1ccc(OCc2ccc(C3=CCN(C(=O)/C=C/c4cnc5c(c4)CCC(=O)N5)CC3)cc2)cc1. The minimum Gasteiger partial charge on any atom is -0.489 e. The molecule has 0 radical (unpaired) electrons. The van der Waals surface area contributed by atoms with Gasteiger partial charge in [-0.25, -0.2) is 4.98 Å². The van der Waals surface area contributed by atoms with Crippen LogP contribution in [0.3, 0.4) is 0 Å². The molecule has 0 aliphatic carbocycles. The second kappa shape index (κ2) is 10.9. The van der Waals surface area contributed by atoms with Gasteiger partial charge in [0.15, 0.2) is 0 Å². The number of hydrogen-bond acceptors (Lipinski definition) is 5. The molecule has 184 valence electrons. The molecule has 0 fully saturated rings. The van der Waals surface area contributed by atoms with Gasteiger partial charge in [-0.15, -0.1) is 0 Å². The lowest BCUT2D eigenvalue weighted by Crippen LogP contribution is -2.33. The van der Waals surface area contributed by atoms with Gasteiger partial charge >= 0.3 is 0 Å². The summed E-state index contributed by atoms with van der Waals surface area (Å²) in [7, 11) is 0. The molecule has 1 N–H and O–H groups in total. The molecule has 2 aromatic carbocycles. The van der Waals surface area contributed by atoms with Crippen molar-refractivity contribution in [2.45, 2.75) is 25.9 Å². The van der Waals surface area contributed by atoms with Crippen LogP contribution in [0.15, 0.2) is 72.9 Å². The van der Waals surface area contributed by atoms with Crippen LogP contribution < -0.4 is 10.1 Å². The Morgan fingerprint density at radius 2 is 1.92 bits per heavy atom. The Morgan fingerprint density at radius 1 is 1.11 bits per heavy atom. The van der Waals surface area contributed by atoms with E-state index in [1.54, 1.807) is 42.6 Å². The van der Waals surface area contributed by atoms with Crippen LogP contribution in [0, 0.1) is 11.3 Å². The Balaban J connectivity index is 1.14. The largest absolute Gasteiger partial charge is 0.489 e. The minimum atomic E-state index is -0.0309. The van der Waals surface area contributed by atoms with Crippen LogP contribution in [-0.4, -0.2) is 34.8 Å². The Bertz CT molecular complexity index is 1420. The van der Waals surface area contributed by atoms with Gasteiger partial charge < -0.3 is 15.0 Å². The number of amides is 2. The Labute approximate surface area is 215 Å². The van der Waals surface area contributed by atoms with E-state index in [1.807, 2.05) is 11.0 Å². The molecule has 0 unspecified atom stereocenters. The minimum absolute atomic E-state index is 0.0133. The summed E-state index contributed by atoms with van der Waals surface area (Å²) in [4.78, 5) is 30.3. The third-order valence-electron chi connectivity index (χ3n) is 6.52. The molecule has 0 spiro atoms. The van der Waals surface area contributed by atoms with E-state index in [4.69, 9.17) is 10.00 Å². The predicted octanol–water partition coefficient (Wildman–Crippen LogP) is 4.75. The van der Waals surface area contributed by atoms with Crippen LogP contribution in [0.4, 0.5) is 5.82 Å². The van der Waals surface area contributed by atoms with E-state index >= 15 is 0 Å². The second-order valence-corrected chi connectivity index (χ2v) is 9.04. The van der Waals surface area contributed by atoms with Crippen LogP contribution in [0.2, 0.25) is 0 Å². The third-order valence-corrected chi connectivity index (χ3v) is 6.52. The van der Waals surface area contributed by atoms with Crippen molar-refractivity contribution in [3.8, 4) is 11.8 Å². The number of aryl methyl sites for hydroxylation is 1. The number of hydrogen-bond donors (Lipinski definition) is 1. The molecule has 37 heavy (non-hydrogen) atoms. The summed E-state index contributed by atoms with van der Waals surface area (Å²) < 4.78 is 5.81. The van der Waals surface area contributed by atoms with E-state index in [2.05, 4.69) is 46.7 Å². The van der Waals surface area contributed by atoms with Gasteiger partial charge in [-0.2, -0.15) is 5.26 Å². The van der Waals surface area contributed by atoms with Crippen molar-refractivity contribution in [2.24, 2.45) is 0 Å². The first-order valence-corrected chi connectivity index (χ1v) is 12.2. The molecule has 2 amide bonds. The molecular formula is C30H26N4O3. The highest BCUT2D eigenvalue weighted by Crippen LogP contribution is 2.24. The quantitative estimate of drug-likeness (QED) is 0.504. The highest BCUT2D eigenvalue weighted by molar-refractivity contribution is 5.94. The van der Waals surface area contributed by atoms with Crippen LogP contribution >= 0.6 is 0 Å². The second-order valence-electron chi connectivity index (χ2n) is 9.04. The Kier molecular flexibility index (Phi) is 7.09. The third kappa shape index (κ3) is 5.93. The monoisotopic (exact) mass is 490 g/mol.